The van der Waals surface area contributed by atoms with Gasteiger partial charge in [0, 0.05) is 22.7 Å². The van der Waals surface area contributed by atoms with Crippen molar-refractivity contribution in [3.8, 4) is 0 Å². The van der Waals surface area contributed by atoms with Crippen LogP contribution >= 0.6 is 0 Å². The first-order valence-corrected chi connectivity index (χ1v) is 24.5. The predicted molar refractivity (Wildman–Crippen MR) is 202 cm³/mol. The van der Waals surface area contributed by atoms with Gasteiger partial charge >= 0.3 is 11.9 Å². The van der Waals surface area contributed by atoms with E-state index < -0.39 is 80.8 Å². The number of hydrogen-bond donors (Lipinski definition) is 0. The van der Waals surface area contributed by atoms with E-state index in [1.165, 1.54) is 14.2 Å². The standard InChI is InChI=1S/C40H62O10Si2/c1-11-23-37(8)33(41)31-32-38(27-48-40(34(37)38,36(43)45-10)47-25-28-21-19-18-20-22-28)29(49-51(12-2,13-3)14-4)24-30(50-52(15-5,16-6)17-7)39(32,26-46-31)35(42)44-9/h11,18-22,29-32,34H,1,12-17,23-27H2,2-10H3/t29-,30+,31+,32+,34-,37+,38-,39-,40-/m0/s1. The minimum absolute atomic E-state index is 0.0121. The molecule has 2 saturated heterocycles. The fourth-order valence-corrected chi connectivity index (χ4v) is 16.6. The molecule has 4 aliphatic rings. The first-order valence-electron chi connectivity index (χ1n) is 19.4. The van der Waals surface area contributed by atoms with Gasteiger partial charge in [0.1, 0.15) is 11.5 Å². The van der Waals surface area contributed by atoms with Gasteiger partial charge in [-0.25, -0.2) is 4.79 Å². The first-order chi connectivity index (χ1) is 24.8. The number of hydrogen-bond acceptors (Lipinski definition) is 10. The monoisotopic (exact) mass is 758 g/mol. The van der Waals surface area contributed by atoms with Gasteiger partial charge in [0.15, 0.2) is 22.4 Å². The van der Waals surface area contributed by atoms with Gasteiger partial charge in [-0.1, -0.05) is 84.9 Å². The summed E-state index contributed by atoms with van der Waals surface area (Å²) in [6, 6.07) is 14.8. The van der Waals surface area contributed by atoms with Gasteiger partial charge in [0.2, 0.25) is 0 Å². The van der Waals surface area contributed by atoms with Gasteiger partial charge in [0.25, 0.3) is 5.79 Å². The Morgan fingerprint density at radius 2 is 1.42 bits per heavy atom. The molecule has 0 aromatic heterocycles. The molecule has 1 spiro atoms. The molecule has 1 aromatic carbocycles. The van der Waals surface area contributed by atoms with E-state index in [2.05, 4.69) is 48.1 Å². The average Bonchev–Trinajstić information content (AvgIpc) is 3.76. The van der Waals surface area contributed by atoms with Crippen LogP contribution in [0.3, 0.4) is 0 Å². The van der Waals surface area contributed by atoms with Gasteiger partial charge in [-0.15, -0.1) is 6.58 Å². The third kappa shape index (κ3) is 5.94. The summed E-state index contributed by atoms with van der Waals surface area (Å²) in [7, 11) is -2.05. The molecule has 12 heteroatoms. The molecule has 4 fully saturated rings. The molecule has 0 bridgehead atoms. The number of carbonyl (C=O) groups excluding carboxylic acids is 3. The van der Waals surface area contributed by atoms with Gasteiger partial charge in [-0.3, -0.25) is 9.59 Å². The summed E-state index contributed by atoms with van der Waals surface area (Å²) in [6.07, 6.45) is 0.107. The fraction of sp³-hybridized carbons (Fsp3) is 0.725. The van der Waals surface area contributed by atoms with E-state index in [4.69, 9.17) is 32.5 Å². The lowest BCUT2D eigenvalue weighted by Gasteiger charge is -2.64. The lowest BCUT2D eigenvalue weighted by atomic mass is 9.39. The molecule has 2 aliphatic carbocycles. The number of esters is 2. The zero-order valence-electron chi connectivity index (χ0n) is 32.9. The van der Waals surface area contributed by atoms with Gasteiger partial charge in [0.05, 0.1) is 46.2 Å². The molecule has 52 heavy (non-hydrogen) atoms. The summed E-state index contributed by atoms with van der Waals surface area (Å²) < 4.78 is 46.5. The third-order valence-corrected chi connectivity index (χ3v) is 23.3. The summed E-state index contributed by atoms with van der Waals surface area (Å²) in [6.45, 7) is 19.0. The van der Waals surface area contributed by atoms with Crippen LogP contribution in [-0.2, 0) is 53.5 Å². The number of rotatable bonds is 17. The van der Waals surface area contributed by atoms with Crippen molar-refractivity contribution in [2.75, 3.05) is 27.4 Å². The molecule has 2 aliphatic heterocycles. The summed E-state index contributed by atoms with van der Waals surface area (Å²) in [4.78, 5) is 44.4. The molecule has 2 heterocycles. The van der Waals surface area contributed by atoms with Crippen molar-refractivity contribution in [2.24, 2.45) is 28.1 Å². The number of ketones is 1. The van der Waals surface area contributed by atoms with Crippen LogP contribution in [0.25, 0.3) is 0 Å². The first kappa shape index (κ1) is 41.0. The number of benzene rings is 1. The second kappa shape index (κ2) is 15.5. The molecule has 10 nitrogen and oxygen atoms in total. The Bertz CT molecular complexity index is 1450. The topological polar surface area (TPSA) is 116 Å². The molecule has 0 unspecified atom stereocenters. The Morgan fingerprint density at radius 3 is 1.94 bits per heavy atom. The highest BCUT2D eigenvalue weighted by Crippen LogP contribution is 2.73. The number of ether oxygens (including phenoxy) is 5. The van der Waals surface area contributed by atoms with Crippen molar-refractivity contribution in [3.63, 3.8) is 0 Å². The minimum atomic E-state index is -2.40. The predicted octanol–water partition coefficient (Wildman–Crippen LogP) is 7.23. The molecular formula is C40H62O10Si2. The van der Waals surface area contributed by atoms with Crippen LogP contribution in [0, 0.1) is 28.1 Å². The van der Waals surface area contributed by atoms with Crippen molar-refractivity contribution < 1.29 is 46.9 Å². The zero-order valence-corrected chi connectivity index (χ0v) is 34.9. The van der Waals surface area contributed by atoms with Crippen molar-refractivity contribution in [1.29, 1.82) is 0 Å². The largest absolute Gasteiger partial charge is 0.468 e. The van der Waals surface area contributed by atoms with Gasteiger partial charge < -0.3 is 32.5 Å². The number of carbonyl (C=O) groups is 3. The SMILES string of the molecule is C=CC[C@]1(C)C(=O)[C@@H]2OC[C@]3(C(=O)OC)[C@H](O[Si](CC)(CC)CC)C[C@H](O[Si](CC)(CC)CC)[C@@]4(CO[C@](OCc5ccccc5)(C(=O)OC)[C@H]41)[C@@H]23. The summed E-state index contributed by atoms with van der Waals surface area (Å²) >= 11 is 0. The Kier molecular flexibility index (Phi) is 12.2. The van der Waals surface area contributed by atoms with Crippen LogP contribution in [-0.4, -0.2) is 85.9 Å². The van der Waals surface area contributed by atoms with E-state index in [1.807, 2.05) is 37.3 Å². The summed E-state index contributed by atoms with van der Waals surface area (Å²) in [5, 5.41) is 0. The van der Waals surface area contributed by atoms with Crippen molar-refractivity contribution in [1.82, 2.24) is 0 Å². The molecule has 1 aromatic rings. The highest BCUT2D eigenvalue weighted by Gasteiger charge is 2.86. The van der Waals surface area contributed by atoms with Crippen LogP contribution < -0.4 is 0 Å². The Balaban J connectivity index is 1.85. The smallest absolute Gasteiger partial charge is 0.366 e. The third-order valence-electron chi connectivity index (χ3n) is 14.0. The Morgan fingerprint density at radius 1 is 0.865 bits per heavy atom. The highest BCUT2D eigenvalue weighted by atomic mass is 28.4. The molecule has 5 rings (SSSR count). The van der Waals surface area contributed by atoms with E-state index in [-0.39, 0.29) is 32.0 Å². The molecule has 2 saturated carbocycles. The van der Waals surface area contributed by atoms with Crippen LogP contribution in [0.5, 0.6) is 0 Å². The van der Waals surface area contributed by atoms with Crippen LogP contribution in [0.1, 0.15) is 66.9 Å². The van der Waals surface area contributed by atoms with Crippen LogP contribution in [0.2, 0.25) is 36.3 Å². The number of Topliss-reactive ketones (excluding diaryl/α,β-unsaturated/α-hetero) is 1. The zero-order chi connectivity index (χ0) is 38.2. The van der Waals surface area contributed by atoms with Crippen molar-refractivity contribution >= 4 is 34.4 Å². The molecular weight excluding hydrogens is 697 g/mol. The lowest BCUT2D eigenvalue weighted by Crippen LogP contribution is -2.76. The second-order valence-electron chi connectivity index (χ2n) is 15.7. The summed E-state index contributed by atoms with van der Waals surface area (Å²) in [5.74, 6) is -5.15. The normalized spacial score (nSPS) is 35.5. The molecule has 0 amide bonds. The van der Waals surface area contributed by atoms with E-state index in [1.54, 1.807) is 6.08 Å². The van der Waals surface area contributed by atoms with Crippen molar-refractivity contribution in [2.45, 2.75) is 128 Å². The maximum absolute atomic E-state index is 15.3. The maximum Gasteiger partial charge on any atom is 0.366 e. The van der Waals surface area contributed by atoms with E-state index in [9.17, 15) is 9.59 Å². The quantitative estimate of drug-likeness (QED) is 0.0916. The second-order valence-corrected chi connectivity index (χ2v) is 25.2. The Hall–Kier alpha value is -2.20. The lowest BCUT2D eigenvalue weighted by molar-refractivity contribution is -0.270. The average molecular weight is 759 g/mol. The molecule has 0 N–H and O–H groups in total. The molecule has 0 radical (unpaired) electrons. The summed E-state index contributed by atoms with van der Waals surface area (Å²) in [5.41, 5.74) is -2.91. The van der Waals surface area contributed by atoms with E-state index in [0.717, 1.165) is 41.8 Å². The maximum atomic E-state index is 15.3. The van der Waals surface area contributed by atoms with Crippen LogP contribution in [0.15, 0.2) is 43.0 Å². The highest BCUT2D eigenvalue weighted by molar-refractivity contribution is 6.74. The molecule has 290 valence electrons. The number of methoxy groups -OCH3 is 2. The van der Waals surface area contributed by atoms with Crippen LogP contribution in [0.4, 0.5) is 0 Å². The Labute approximate surface area is 312 Å². The van der Waals surface area contributed by atoms with Gasteiger partial charge in [-0.05, 0) is 54.7 Å². The molecule has 9 atom stereocenters. The number of allylic oxidation sites excluding steroid dienone is 1. The fourth-order valence-electron chi connectivity index (χ4n) is 10.8. The van der Waals surface area contributed by atoms with E-state index >= 15 is 4.79 Å². The minimum Gasteiger partial charge on any atom is -0.468 e. The van der Waals surface area contributed by atoms with Gasteiger partial charge in [-0.2, -0.15) is 0 Å². The van der Waals surface area contributed by atoms with E-state index in [0.29, 0.717) is 6.42 Å². The van der Waals surface area contributed by atoms with Crippen molar-refractivity contribution in [3.05, 3.63) is 48.6 Å².